The standard InChI is InChI=1S/C20H22N2O6/c1-22(18(24)15-8-5-9-16(23)12-15)11-10-17(19(25)26)21-20(27)28-13-14-6-3-2-4-7-14/h2-9,12,17,23H,10-11,13H2,1H3,(H,21,27)(H,25,26). The zero-order chi connectivity index (χ0) is 20.5. The minimum atomic E-state index is -1.23. The van der Waals surface area contributed by atoms with Crippen molar-refractivity contribution in [2.75, 3.05) is 13.6 Å². The highest BCUT2D eigenvalue weighted by atomic mass is 16.5. The van der Waals surface area contributed by atoms with Crippen LogP contribution in [0, 0.1) is 0 Å². The molecule has 0 heterocycles. The zero-order valence-electron chi connectivity index (χ0n) is 15.4. The molecular formula is C20H22N2O6. The average Bonchev–Trinajstić information content (AvgIpc) is 2.69. The Hall–Kier alpha value is -3.55. The molecule has 2 aromatic rings. The number of ether oxygens (including phenoxy) is 1. The number of carboxylic acids is 1. The molecule has 0 aromatic heterocycles. The first-order valence-electron chi connectivity index (χ1n) is 8.61. The van der Waals surface area contributed by atoms with E-state index in [1.54, 1.807) is 36.4 Å². The Labute approximate surface area is 162 Å². The van der Waals surface area contributed by atoms with Crippen molar-refractivity contribution in [3.63, 3.8) is 0 Å². The number of benzene rings is 2. The molecule has 0 spiro atoms. The van der Waals surface area contributed by atoms with E-state index >= 15 is 0 Å². The van der Waals surface area contributed by atoms with Crippen molar-refractivity contribution in [1.29, 1.82) is 0 Å². The monoisotopic (exact) mass is 386 g/mol. The maximum absolute atomic E-state index is 12.3. The van der Waals surface area contributed by atoms with Gasteiger partial charge in [0, 0.05) is 19.2 Å². The van der Waals surface area contributed by atoms with Crippen molar-refractivity contribution in [2.45, 2.75) is 19.1 Å². The van der Waals surface area contributed by atoms with Gasteiger partial charge in [0.05, 0.1) is 0 Å². The van der Waals surface area contributed by atoms with Crippen molar-refractivity contribution in [3.05, 3.63) is 65.7 Å². The number of carbonyl (C=O) groups is 3. The van der Waals surface area contributed by atoms with Crippen molar-refractivity contribution in [3.8, 4) is 5.75 Å². The van der Waals surface area contributed by atoms with Crippen LogP contribution in [0.3, 0.4) is 0 Å². The summed E-state index contributed by atoms with van der Waals surface area (Å²) in [5.74, 6) is -1.63. The second kappa shape index (κ2) is 9.96. The molecule has 0 aliphatic rings. The summed E-state index contributed by atoms with van der Waals surface area (Å²) in [6.07, 6.45) is -0.852. The molecule has 8 nitrogen and oxygen atoms in total. The van der Waals surface area contributed by atoms with Gasteiger partial charge in [0.1, 0.15) is 18.4 Å². The number of carboxylic acid groups (broad SMARTS) is 1. The van der Waals surface area contributed by atoms with E-state index in [1.165, 1.54) is 24.1 Å². The van der Waals surface area contributed by atoms with Crippen LogP contribution in [0.25, 0.3) is 0 Å². The van der Waals surface area contributed by atoms with Crippen molar-refractivity contribution in [2.24, 2.45) is 0 Å². The number of rotatable bonds is 8. The summed E-state index contributed by atoms with van der Waals surface area (Å²) < 4.78 is 5.02. The van der Waals surface area contributed by atoms with E-state index in [0.717, 1.165) is 5.56 Å². The fraction of sp³-hybridized carbons (Fsp3) is 0.250. The first-order chi connectivity index (χ1) is 13.4. The summed E-state index contributed by atoms with van der Waals surface area (Å²) in [4.78, 5) is 36.9. The quantitative estimate of drug-likeness (QED) is 0.641. The van der Waals surface area contributed by atoms with Gasteiger partial charge in [-0.1, -0.05) is 36.4 Å². The molecule has 0 aliphatic heterocycles. The lowest BCUT2D eigenvalue weighted by molar-refractivity contribution is -0.139. The van der Waals surface area contributed by atoms with E-state index in [9.17, 15) is 24.6 Å². The zero-order valence-corrected chi connectivity index (χ0v) is 15.4. The Morgan fingerprint density at radius 3 is 2.46 bits per heavy atom. The molecule has 28 heavy (non-hydrogen) atoms. The van der Waals surface area contributed by atoms with Crippen LogP contribution in [0.5, 0.6) is 5.75 Å². The van der Waals surface area contributed by atoms with Crippen LogP contribution in [-0.4, -0.2) is 52.7 Å². The summed E-state index contributed by atoms with van der Waals surface area (Å²) in [6, 6.07) is 13.7. The molecule has 148 valence electrons. The third kappa shape index (κ3) is 6.31. The average molecular weight is 386 g/mol. The number of phenols is 1. The molecule has 2 amide bonds. The number of amides is 2. The van der Waals surface area contributed by atoms with E-state index in [0.29, 0.717) is 0 Å². The molecule has 0 aliphatic carbocycles. The molecule has 0 radical (unpaired) electrons. The van der Waals surface area contributed by atoms with E-state index in [4.69, 9.17) is 4.74 Å². The predicted molar refractivity (Wildman–Crippen MR) is 101 cm³/mol. The van der Waals surface area contributed by atoms with Gasteiger partial charge in [0.15, 0.2) is 0 Å². The van der Waals surface area contributed by atoms with Gasteiger partial charge in [-0.3, -0.25) is 4.79 Å². The molecule has 0 fully saturated rings. The van der Waals surface area contributed by atoms with Gasteiger partial charge in [-0.15, -0.1) is 0 Å². The van der Waals surface area contributed by atoms with Crippen molar-refractivity contribution >= 4 is 18.0 Å². The lowest BCUT2D eigenvalue weighted by Crippen LogP contribution is -2.43. The van der Waals surface area contributed by atoms with Gasteiger partial charge in [0.2, 0.25) is 0 Å². The highest BCUT2D eigenvalue weighted by Gasteiger charge is 2.22. The van der Waals surface area contributed by atoms with Crippen LogP contribution < -0.4 is 5.32 Å². The normalized spacial score (nSPS) is 11.3. The van der Waals surface area contributed by atoms with Crippen LogP contribution in [-0.2, 0) is 16.1 Å². The molecule has 0 saturated heterocycles. The van der Waals surface area contributed by atoms with Crippen LogP contribution in [0.4, 0.5) is 4.79 Å². The van der Waals surface area contributed by atoms with Gasteiger partial charge in [-0.25, -0.2) is 9.59 Å². The van der Waals surface area contributed by atoms with E-state index in [1.807, 2.05) is 6.07 Å². The molecule has 3 N–H and O–H groups in total. The van der Waals surface area contributed by atoms with Gasteiger partial charge < -0.3 is 25.2 Å². The summed E-state index contributed by atoms with van der Waals surface area (Å²) in [5, 5.41) is 21.1. The van der Waals surface area contributed by atoms with Crippen LogP contribution >= 0.6 is 0 Å². The number of carbonyl (C=O) groups excluding carboxylic acids is 2. The molecule has 1 atom stereocenters. The molecular weight excluding hydrogens is 364 g/mol. The fourth-order valence-corrected chi connectivity index (χ4v) is 2.45. The fourth-order valence-electron chi connectivity index (χ4n) is 2.45. The lowest BCUT2D eigenvalue weighted by atomic mass is 10.1. The number of aromatic hydroxyl groups is 1. The van der Waals surface area contributed by atoms with E-state index in [-0.39, 0.29) is 36.8 Å². The van der Waals surface area contributed by atoms with Gasteiger partial charge in [0.25, 0.3) is 5.91 Å². The Morgan fingerprint density at radius 1 is 1.11 bits per heavy atom. The lowest BCUT2D eigenvalue weighted by Gasteiger charge is -2.20. The van der Waals surface area contributed by atoms with Gasteiger partial charge in [-0.05, 0) is 30.2 Å². The first-order valence-corrected chi connectivity index (χ1v) is 8.61. The SMILES string of the molecule is CN(CCC(NC(=O)OCc1ccccc1)C(=O)O)C(=O)c1cccc(O)c1. The summed E-state index contributed by atoms with van der Waals surface area (Å²) in [5.41, 5.74) is 1.06. The van der Waals surface area contributed by atoms with E-state index < -0.39 is 18.1 Å². The summed E-state index contributed by atoms with van der Waals surface area (Å²) in [6.45, 7) is 0.110. The first kappa shape index (κ1) is 20.8. The van der Waals surface area contributed by atoms with Crippen LogP contribution in [0.1, 0.15) is 22.3 Å². The minimum Gasteiger partial charge on any atom is -0.508 e. The predicted octanol–water partition coefficient (Wildman–Crippen LogP) is 2.23. The number of nitrogens with one attached hydrogen (secondary N) is 1. The summed E-state index contributed by atoms with van der Waals surface area (Å²) >= 11 is 0. The second-order valence-corrected chi connectivity index (χ2v) is 6.16. The van der Waals surface area contributed by atoms with Crippen LogP contribution in [0.2, 0.25) is 0 Å². The largest absolute Gasteiger partial charge is 0.508 e. The number of hydrogen-bond donors (Lipinski definition) is 3. The third-order valence-electron chi connectivity index (χ3n) is 4.00. The molecule has 2 rings (SSSR count). The highest BCUT2D eigenvalue weighted by molar-refractivity contribution is 5.94. The number of aliphatic carboxylic acids is 1. The molecule has 2 aromatic carbocycles. The maximum Gasteiger partial charge on any atom is 0.408 e. The molecule has 0 saturated carbocycles. The van der Waals surface area contributed by atoms with Gasteiger partial charge >= 0.3 is 12.1 Å². The highest BCUT2D eigenvalue weighted by Crippen LogP contribution is 2.13. The number of phenolic OH excluding ortho intramolecular Hbond substituents is 1. The Kier molecular flexibility index (Phi) is 7.38. The van der Waals surface area contributed by atoms with E-state index in [2.05, 4.69) is 5.32 Å². The molecule has 1 unspecified atom stereocenters. The smallest absolute Gasteiger partial charge is 0.408 e. The van der Waals surface area contributed by atoms with Crippen molar-refractivity contribution in [1.82, 2.24) is 10.2 Å². The number of nitrogens with zero attached hydrogens (tertiary/aromatic N) is 1. The Bertz CT molecular complexity index is 824. The number of alkyl carbamates (subject to hydrolysis) is 1. The van der Waals surface area contributed by atoms with Gasteiger partial charge in [-0.2, -0.15) is 0 Å². The Balaban J connectivity index is 1.85. The third-order valence-corrected chi connectivity index (χ3v) is 4.00. The second-order valence-electron chi connectivity index (χ2n) is 6.16. The number of hydrogen-bond acceptors (Lipinski definition) is 5. The maximum atomic E-state index is 12.3. The van der Waals surface area contributed by atoms with Crippen LogP contribution in [0.15, 0.2) is 54.6 Å². The topological polar surface area (TPSA) is 116 Å². The molecule has 8 heteroatoms. The summed E-state index contributed by atoms with van der Waals surface area (Å²) in [7, 11) is 1.51. The Morgan fingerprint density at radius 2 is 1.82 bits per heavy atom. The van der Waals surface area contributed by atoms with Crippen molar-refractivity contribution < 1.29 is 29.3 Å². The molecule has 0 bridgehead atoms. The minimum absolute atomic E-state index is 0.00315.